The third kappa shape index (κ3) is 9.29. The molecule has 236 valence electrons. The lowest BCUT2D eigenvalue weighted by atomic mass is 9.93. The molecule has 7 heteroatoms. The minimum atomic E-state index is 0.482. The normalized spacial score (nSPS) is 13.5. The second kappa shape index (κ2) is 17.0. The molecule has 3 rings (SSSR count). The predicted molar refractivity (Wildman–Crippen MR) is 176 cm³/mol. The molecule has 0 aliphatic heterocycles. The van der Waals surface area contributed by atoms with Gasteiger partial charge in [-0.3, -0.25) is 18.9 Å². The number of nitrogens with zero attached hydrogens (tertiary/aromatic N) is 7. The lowest BCUT2D eigenvalue weighted by Gasteiger charge is -2.22. The Morgan fingerprint density at radius 2 is 1.05 bits per heavy atom. The molecule has 0 saturated carbocycles. The van der Waals surface area contributed by atoms with Crippen molar-refractivity contribution in [1.29, 1.82) is 0 Å². The Hall–Kier alpha value is -2.41. The average Bonchev–Trinajstić information content (AvgIpc) is 3.63. The van der Waals surface area contributed by atoms with E-state index in [-0.39, 0.29) is 0 Å². The summed E-state index contributed by atoms with van der Waals surface area (Å²) in [6.07, 6.45) is 13.5. The first kappa shape index (κ1) is 34.1. The molecule has 2 atom stereocenters. The molecule has 0 amide bonds. The predicted octanol–water partition coefficient (Wildman–Crippen LogP) is 8.75. The molecule has 42 heavy (non-hydrogen) atoms. The van der Waals surface area contributed by atoms with Crippen LogP contribution >= 0.6 is 0 Å². The molecule has 7 nitrogen and oxygen atoms in total. The van der Waals surface area contributed by atoms with Crippen LogP contribution in [0.5, 0.6) is 0 Å². The highest BCUT2D eigenvalue weighted by atomic mass is 15.3. The molecule has 0 bridgehead atoms. The van der Waals surface area contributed by atoms with Crippen molar-refractivity contribution in [2.45, 2.75) is 150 Å². The van der Waals surface area contributed by atoms with Crippen LogP contribution in [-0.4, -0.2) is 34.2 Å². The lowest BCUT2D eigenvalue weighted by molar-refractivity contribution is 0.228. The van der Waals surface area contributed by atoms with Crippen molar-refractivity contribution in [3.63, 3.8) is 0 Å². The first-order valence-corrected chi connectivity index (χ1v) is 17.0. The van der Waals surface area contributed by atoms with Crippen molar-refractivity contribution in [2.24, 2.45) is 21.1 Å². The monoisotopic (exact) mass is 579 g/mol. The van der Waals surface area contributed by atoms with Crippen LogP contribution in [0.4, 0.5) is 0 Å². The summed E-state index contributed by atoms with van der Waals surface area (Å²) in [5.74, 6) is 1.56. The third-order valence-electron chi connectivity index (χ3n) is 9.24. The van der Waals surface area contributed by atoms with Crippen LogP contribution < -0.4 is 0 Å². The summed E-state index contributed by atoms with van der Waals surface area (Å²) >= 11 is 0. The Kier molecular flexibility index (Phi) is 13.8. The van der Waals surface area contributed by atoms with Crippen LogP contribution in [0.1, 0.15) is 164 Å². The maximum absolute atomic E-state index is 5.08. The summed E-state index contributed by atoms with van der Waals surface area (Å²) in [5, 5.41) is 15.0. The SMILES string of the molecule is CCCCCCC(CCC)c1cc(CN(Cc2cc(C(C)CCC)nn2C)Cc2cc(C(CC)CC)nn2C)n(C)n1. The van der Waals surface area contributed by atoms with E-state index >= 15 is 0 Å². The highest BCUT2D eigenvalue weighted by Crippen LogP contribution is 2.29. The molecule has 2 unspecified atom stereocenters. The molecule has 3 aromatic rings. The van der Waals surface area contributed by atoms with Crippen LogP contribution in [0.2, 0.25) is 0 Å². The van der Waals surface area contributed by atoms with E-state index in [0.29, 0.717) is 17.8 Å². The van der Waals surface area contributed by atoms with Crippen molar-refractivity contribution in [2.75, 3.05) is 0 Å². The van der Waals surface area contributed by atoms with Gasteiger partial charge in [-0.1, -0.05) is 80.1 Å². The number of aryl methyl sites for hydroxylation is 3. The molecule has 0 aliphatic rings. The standard InChI is InChI=1S/C35H61N7/c1-10-15-16-17-20-29(19-12-3)35-23-32(41(9)38-35)26-42(24-30-21-33(36-39(30)7)27(6)18-11-2)25-31-22-34(37-40(31)8)28(13-4)14-5/h21-23,27-29H,10-20,24-26H2,1-9H3. The van der Waals surface area contributed by atoms with Crippen LogP contribution in [0, 0.1) is 0 Å². The number of rotatable bonds is 20. The summed E-state index contributed by atoms with van der Waals surface area (Å²) in [5.41, 5.74) is 7.52. The number of hydrogen-bond acceptors (Lipinski definition) is 4. The van der Waals surface area contributed by atoms with Crippen molar-refractivity contribution in [3.8, 4) is 0 Å². The van der Waals surface area contributed by atoms with Gasteiger partial charge in [-0.15, -0.1) is 0 Å². The smallest absolute Gasteiger partial charge is 0.0658 e. The van der Waals surface area contributed by atoms with Crippen LogP contribution in [0.15, 0.2) is 18.2 Å². The van der Waals surface area contributed by atoms with E-state index in [0.717, 1.165) is 32.5 Å². The fraction of sp³-hybridized carbons (Fsp3) is 0.743. The molecule has 0 radical (unpaired) electrons. The number of unbranched alkanes of at least 4 members (excludes halogenated alkanes) is 3. The van der Waals surface area contributed by atoms with Crippen LogP contribution in [-0.2, 0) is 40.8 Å². The van der Waals surface area contributed by atoms with Gasteiger partial charge in [-0.25, -0.2) is 0 Å². The summed E-state index contributed by atoms with van der Waals surface area (Å²) in [7, 11) is 6.33. The van der Waals surface area contributed by atoms with E-state index < -0.39 is 0 Å². The van der Waals surface area contributed by atoms with Gasteiger partial charge in [0.1, 0.15) is 0 Å². The minimum Gasteiger partial charge on any atom is -0.286 e. The Bertz CT molecular complexity index is 1180. The third-order valence-corrected chi connectivity index (χ3v) is 9.24. The van der Waals surface area contributed by atoms with Crippen LogP contribution in [0.3, 0.4) is 0 Å². The van der Waals surface area contributed by atoms with Gasteiger partial charge in [0.05, 0.1) is 34.2 Å². The molecule has 0 fully saturated rings. The zero-order valence-corrected chi connectivity index (χ0v) is 28.5. The van der Waals surface area contributed by atoms with Crippen molar-refractivity contribution in [1.82, 2.24) is 34.2 Å². The van der Waals surface area contributed by atoms with E-state index in [1.807, 2.05) is 0 Å². The van der Waals surface area contributed by atoms with E-state index in [1.165, 1.54) is 92.0 Å². The topological polar surface area (TPSA) is 56.7 Å². The first-order chi connectivity index (χ1) is 20.2. The fourth-order valence-corrected chi connectivity index (χ4v) is 6.42. The molecule has 3 heterocycles. The molecule has 3 aromatic heterocycles. The zero-order valence-electron chi connectivity index (χ0n) is 28.5. The molecule has 0 spiro atoms. The second-order valence-electron chi connectivity index (χ2n) is 12.7. The lowest BCUT2D eigenvalue weighted by Crippen LogP contribution is -2.26. The maximum Gasteiger partial charge on any atom is 0.0658 e. The molecule has 0 N–H and O–H groups in total. The quantitative estimate of drug-likeness (QED) is 0.126. The van der Waals surface area contributed by atoms with Gasteiger partial charge in [0.2, 0.25) is 0 Å². The Morgan fingerprint density at radius 3 is 1.52 bits per heavy atom. The second-order valence-corrected chi connectivity index (χ2v) is 12.7. The van der Waals surface area contributed by atoms with Gasteiger partial charge in [0.15, 0.2) is 0 Å². The Morgan fingerprint density at radius 1 is 0.571 bits per heavy atom. The summed E-state index contributed by atoms with van der Waals surface area (Å²) in [6.45, 7) is 16.2. The summed E-state index contributed by atoms with van der Waals surface area (Å²) < 4.78 is 6.32. The van der Waals surface area contributed by atoms with Gasteiger partial charge in [0, 0.05) is 58.5 Å². The minimum absolute atomic E-state index is 0.482. The Labute approximate surface area is 257 Å². The molecule has 0 aromatic carbocycles. The van der Waals surface area contributed by atoms with E-state index in [4.69, 9.17) is 15.3 Å². The largest absolute Gasteiger partial charge is 0.286 e. The number of aromatic nitrogens is 6. The van der Waals surface area contributed by atoms with Gasteiger partial charge in [0.25, 0.3) is 0 Å². The van der Waals surface area contributed by atoms with E-state index in [2.05, 4.69) is 99.8 Å². The van der Waals surface area contributed by atoms with Gasteiger partial charge < -0.3 is 0 Å². The van der Waals surface area contributed by atoms with E-state index in [9.17, 15) is 0 Å². The average molecular weight is 580 g/mol. The maximum atomic E-state index is 5.08. The summed E-state index contributed by atoms with van der Waals surface area (Å²) in [4.78, 5) is 2.55. The van der Waals surface area contributed by atoms with Crippen LogP contribution in [0.25, 0.3) is 0 Å². The van der Waals surface area contributed by atoms with Gasteiger partial charge in [-0.2, -0.15) is 15.3 Å². The highest BCUT2D eigenvalue weighted by molar-refractivity contribution is 5.18. The first-order valence-electron chi connectivity index (χ1n) is 17.0. The Balaban J connectivity index is 1.88. The fourth-order valence-electron chi connectivity index (χ4n) is 6.42. The zero-order chi connectivity index (χ0) is 30.6. The van der Waals surface area contributed by atoms with Gasteiger partial charge in [-0.05, 0) is 50.3 Å². The molecular weight excluding hydrogens is 518 g/mol. The van der Waals surface area contributed by atoms with E-state index in [1.54, 1.807) is 0 Å². The highest BCUT2D eigenvalue weighted by Gasteiger charge is 2.21. The van der Waals surface area contributed by atoms with Crippen molar-refractivity contribution in [3.05, 3.63) is 52.4 Å². The van der Waals surface area contributed by atoms with Crippen molar-refractivity contribution < 1.29 is 0 Å². The molecular formula is C35H61N7. The van der Waals surface area contributed by atoms with Gasteiger partial charge >= 0.3 is 0 Å². The van der Waals surface area contributed by atoms with Crippen molar-refractivity contribution >= 4 is 0 Å². The number of hydrogen-bond donors (Lipinski definition) is 0. The summed E-state index contributed by atoms with van der Waals surface area (Å²) in [6, 6.07) is 7.06. The molecule has 0 saturated heterocycles. The molecule has 0 aliphatic carbocycles.